The molecule has 1 amide bonds. The zero-order chi connectivity index (χ0) is 24.3. The third-order valence-electron chi connectivity index (χ3n) is 6.13. The van der Waals surface area contributed by atoms with Crippen molar-refractivity contribution in [2.45, 2.75) is 31.1 Å². The summed E-state index contributed by atoms with van der Waals surface area (Å²) in [7, 11) is -0.266. The Kier molecular flexibility index (Phi) is 7.38. The Labute approximate surface area is 194 Å². The summed E-state index contributed by atoms with van der Waals surface area (Å²) < 4.78 is 27.5. The Balaban J connectivity index is 1.71. The number of hydrogen-bond donors (Lipinski definition) is 0. The molecule has 9 nitrogen and oxygen atoms in total. The van der Waals surface area contributed by atoms with E-state index in [4.69, 9.17) is 0 Å². The average molecular weight is 475 g/mol. The van der Waals surface area contributed by atoms with Gasteiger partial charge < -0.3 is 9.80 Å². The first-order chi connectivity index (χ1) is 15.6. The summed E-state index contributed by atoms with van der Waals surface area (Å²) in [6.45, 7) is 4.95. The van der Waals surface area contributed by atoms with Crippen molar-refractivity contribution in [2.75, 3.05) is 45.2 Å². The van der Waals surface area contributed by atoms with E-state index in [0.29, 0.717) is 11.6 Å². The largest absolute Gasteiger partial charge is 0.372 e. The average Bonchev–Trinajstić information content (AvgIpc) is 2.82. The Morgan fingerprint density at radius 3 is 2.21 bits per heavy atom. The molecule has 2 aromatic rings. The zero-order valence-corrected chi connectivity index (χ0v) is 20.2. The number of piperazine rings is 1. The van der Waals surface area contributed by atoms with Crippen LogP contribution >= 0.6 is 0 Å². The van der Waals surface area contributed by atoms with Crippen molar-refractivity contribution in [1.82, 2.24) is 9.21 Å². The summed E-state index contributed by atoms with van der Waals surface area (Å²) in [5.41, 5.74) is 1.57. The standard InChI is InChI=1S/C23H30N4O5S/c1-5-17(2)18-6-9-20(10-7-18)33(31,32)26-14-12-25(13-15-26)23(28)19-8-11-21(24(3)4)22(16-19)27(29)30/h6-11,16-17H,5,12-15H2,1-4H3. The summed E-state index contributed by atoms with van der Waals surface area (Å²) >= 11 is 0. The maximum atomic E-state index is 13.0. The van der Waals surface area contributed by atoms with E-state index in [1.165, 1.54) is 15.3 Å². The molecular formula is C23H30N4O5S. The van der Waals surface area contributed by atoms with Crippen LogP contribution in [0.4, 0.5) is 11.4 Å². The summed E-state index contributed by atoms with van der Waals surface area (Å²) in [4.78, 5) is 27.2. The van der Waals surface area contributed by atoms with E-state index in [-0.39, 0.29) is 48.2 Å². The van der Waals surface area contributed by atoms with Gasteiger partial charge in [-0.25, -0.2) is 8.42 Å². The van der Waals surface area contributed by atoms with Gasteiger partial charge in [0, 0.05) is 51.9 Å². The van der Waals surface area contributed by atoms with Crippen molar-refractivity contribution in [2.24, 2.45) is 0 Å². The molecule has 0 aromatic heterocycles. The van der Waals surface area contributed by atoms with Crippen LogP contribution in [0.3, 0.4) is 0 Å². The van der Waals surface area contributed by atoms with E-state index in [1.54, 1.807) is 43.3 Å². The van der Waals surface area contributed by atoms with Crippen LogP contribution in [0.5, 0.6) is 0 Å². The fourth-order valence-corrected chi connectivity index (χ4v) is 5.27. The van der Waals surface area contributed by atoms with Crippen LogP contribution in [0, 0.1) is 10.1 Å². The van der Waals surface area contributed by atoms with Gasteiger partial charge in [-0.15, -0.1) is 0 Å². The third kappa shape index (κ3) is 5.17. The summed E-state index contributed by atoms with van der Waals surface area (Å²) in [5.74, 6) is 0.0114. The Morgan fingerprint density at radius 1 is 1.09 bits per heavy atom. The maximum absolute atomic E-state index is 13.0. The van der Waals surface area contributed by atoms with Crippen molar-refractivity contribution in [3.05, 3.63) is 63.7 Å². The van der Waals surface area contributed by atoms with Crippen LogP contribution in [0.1, 0.15) is 42.1 Å². The van der Waals surface area contributed by atoms with Gasteiger partial charge in [-0.2, -0.15) is 4.31 Å². The quantitative estimate of drug-likeness (QED) is 0.450. The highest BCUT2D eigenvalue weighted by Crippen LogP contribution is 2.29. The van der Waals surface area contributed by atoms with Crippen molar-refractivity contribution in [1.29, 1.82) is 0 Å². The SMILES string of the molecule is CCC(C)c1ccc(S(=O)(=O)N2CCN(C(=O)c3ccc(N(C)C)c([N+](=O)[O-])c3)CC2)cc1. The number of rotatable bonds is 7. The van der Waals surface area contributed by atoms with Gasteiger partial charge in [0.1, 0.15) is 5.69 Å². The minimum Gasteiger partial charge on any atom is -0.372 e. The Hall–Kier alpha value is -2.98. The number of sulfonamides is 1. The fourth-order valence-electron chi connectivity index (χ4n) is 3.85. The first-order valence-corrected chi connectivity index (χ1v) is 12.4. The lowest BCUT2D eigenvalue weighted by Gasteiger charge is -2.34. The first kappa shape index (κ1) is 24.7. The molecule has 3 rings (SSSR count). The van der Waals surface area contributed by atoms with Crippen LogP contribution < -0.4 is 4.90 Å². The van der Waals surface area contributed by atoms with Gasteiger partial charge in [-0.3, -0.25) is 14.9 Å². The lowest BCUT2D eigenvalue weighted by atomic mass is 9.99. The molecule has 0 N–H and O–H groups in total. The number of carbonyl (C=O) groups is 1. The summed E-state index contributed by atoms with van der Waals surface area (Å²) in [6, 6.07) is 11.4. The molecule has 33 heavy (non-hydrogen) atoms. The molecule has 1 atom stereocenters. The van der Waals surface area contributed by atoms with Crippen LogP contribution in [0.2, 0.25) is 0 Å². The molecule has 10 heteroatoms. The minimum atomic E-state index is -3.66. The smallest absolute Gasteiger partial charge is 0.293 e. The van der Waals surface area contributed by atoms with Crippen molar-refractivity contribution < 1.29 is 18.1 Å². The van der Waals surface area contributed by atoms with Gasteiger partial charge in [0.25, 0.3) is 11.6 Å². The molecule has 2 aromatic carbocycles. The first-order valence-electron chi connectivity index (χ1n) is 10.9. The van der Waals surface area contributed by atoms with E-state index in [9.17, 15) is 23.3 Å². The Morgan fingerprint density at radius 2 is 1.70 bits per heavy atom. The second kappa shape index (κ2) is 9.88. The second-order valence-corrected chi connectivity index (χ2v) is 10.4. The van der Waals surface area contributed by atoms with Gasteiger partial charge in [0.2, 0.25) is 10.0 Å². The van der Waals surface area contributed by atoms with Gasteiger partial charge in [-0.1, -0.05) is 26.0 Å². The molecule has 1 saturated heterocycles. The van der Waals surface area contributed by atoms with Gasteiger partial charge in [0.15, 0.2) is 0 Å². The number of nitrogens with zero attached hydrogens (tertiary/aromatic N) is 4. The van der Waals surface area contributed by atoms with E-state index in [2.05, 4.69) is 13.8 Å². The molecule has 1 aliphatic heterocycles. The highest BCUT2D eigenvalue weighted by molar-refractivity contribution is 7.89. The highest BCUT2D eigenvalue weighted by Gasteiger charge is 2.31. The molecule has 0 radical (unpaired) electrons. The van der Waals surface area contributed by atoms with Crippen molar-refractivity contribution in [3.63, 3.8) is 0 Å². The molecule has 1 unspecified atom stereocenters. The molecule has 0 aliphatic carbocycles. The number of nitro benzene ring substituents is 1. The molecule has 1 heterocycles. The second-order valence-electron chi connectivity index (χ2n) is 8.43. The van der Waals surface area contributed by atoms with E-state index < -0.39 is 14.9 Å². The van der Waals surface area contributed by atoms with E-state index >= 15 is 0 Å². The lowest BCUT2D eigenvalue weighted by Crippen LogP contribution is -2.50. The predicted molar refractivity (Wildman–Crippen MR) is 127 cm³/mol. The predicted octanol–water partition coefficient (Wildman–Crippen LogP) is 3.32. The fraction of sp³-hybridized carbons (Fsp3) is 0.435. The summed E-state index contributed by atoms with van der Waals surface area (Å²) in [5, 5.41) is 11.4. The topological polar surface area (TPSA) is 104 Å². The molecule has 0 spiro atoms. The van der Waals surface area contributed by atoms with Crippen LogP contribution in [0.25, 0.3) is 0 Å². The van der Waals surface area contributed by atoms with Crippen molar-refractivity contribution in [3.8, 4) is 0 Å². The lowest BCUT2D eigenvalue weighted by molar-refractivity contribution is -0.384. The number of amides is 1. The third-order valence-corrected chi connectivity index (χ3v) is 8.04. The molecule has 0 saturated carbocycles. The van der Waals surface area contributed by atoms with E-state index in [0.717, 1.165) is 12.0 Å². The maximum Gasteiger partial charge on any atom is 0.293 e. The van der Waals surface area contributed by atoms with Gasteiger partial charge >= 0.3 is 0 Å². The van der Waals surface area contributed by atoms with Crippen molar-refractivity contribution >= 4 is 27.3 Å². The van der Waals surface area contributed by atoms with Crippen LogP contribution in [-0.2, 0) is 10.0 Å². The molecular weight excluding hydrogens is 444 g/mol. The number of hydrogen-bond acceptors (Lipinski definition) is 6. The zero-order valence-electron chi connectivity index (χ0n) is 19.4. The molecule has 178 valence electrons. The monoisotopic (exact) mass is 474 g/mol. The number of carbonyl (C=O) groups excluding carboxylic acids is 1. The van der Waals surface area contributed by atoms with Crippen LogP contribution in [-0.4, -0.2) is 68.7 Å². The van der Waals surface area contributed by atoms with E-state index in [1.807, 2.05) is 12.1 Å². The molecule has 0 bridgehead atoms. The Bertz CT molecular complexity index is 1120. The normalized spacial score (nSPS) is 15.8. The van der Waals surface area contributed by atoms with Crippen LogP contribution in [0.15, 0.2) is 47.4 Å². The van der Waals surface area contributed by atoms with Gasteiger partial charge in [0.05, 0.1) is 9.82 Å². The number of benzene rings is 2. The summed E-state index contributed by atoms with van der Waals surface area (Å²) in [6.07, 6.45) is 0.975. The molecule has 1 fully saturated rings. The number of anilines is 1. The minimum absolute atomic E-state index is 0.145. The number of nitro groups is 1. The van der Waals surface area contributed by atoms with Gasteiger partial charge in [-0.05, 0) is 42.2 Å². The highest BCUT2D eigenvalue weighted by atomic mass is 32.2. The molecule has 1 aliphatic rings.